The average Bonchev–Trinajstić information content (AvgIpc) is 2.39. The molecule has 104 valence electrons. The van der Waals surface area contributed by atoms with Crippen LogP contribution in [0.1, 0.15) is 30.6 Å². The van der Waals surface area contributed by atoms with Crippen molar-refractivity contribution >= 4 is 29.2 Å². The number of methoxy groups -OCH3 is 1. The summed E-state index contributed by atoms with van der Waals surface area (Å²) < 4.78 is 4.65. The van der Waals surface area contributed by atoms with Gasteiger partial charge < -0.3 is 15.8 Å². The van der Waals surface area contributed by atoms with E-state index in [-0.39, 0.29) is 11.5 Å². The molecule has 0 saturated carbocycles. The summed E-state index contributed by atoms with van der Waals surface area (Å²) in [6.07, 6.45) is 0.472. The number of nitrogens with one attached hydrogen (secondary N) is 1. The number of hydrogen-bond donors (Lipinski definition) is 2. The zero-order valence-electron chi connectivity index (χ0n) is 11.1. The van der Waals surface area contributed by atoms with E-state index in [0.717, 1.165) is 0 Å². The van der Waals surface area contributed by atoms with Gasteiger partial charge in [-0.25, -0.2) is 4.79 Å². The summed E-state index contributed by atoms with van der Waals surface area (Å²) in [7, 11) is 1.26. The molecule has 0 aliphatic rings. The number of rotatable bonds is 4. The van der Waals surface area contributed by atoms with Crippen LogP contribution in [0.5, 0.6) is 0 Å². The van der Waals surface area contributed by atoms with Crippen LogP contribution in [-0.4, -0.2) is 24.5 Å². The Hall–Kier alpha value is -1.59. The fourth-order valence-electron chi connectivity index (χ4n) is 1.33. The molecule has 0 fully saturated rings. The third-order valence-electron chi connectivity index (χ3n) is 2.89. The molecule has 0 saturated heterocycles. The second-order valence-electron chi connectivity index (χ2n) is 4.41. The number of nitrogens with two attached hydrogens (primary N) is 1. The summed E-state index contributed by atoms with van der Waals surface area (Å²) in [6, 6.07) is 4.55. The lowest BCUT2D eigenvalue weighted by Crippen LogP contribution is -2.48. The largest absolute Gasteiger partial charge is 0.465 e. The molecule has 1 unspecified atom stereocenters. The molecule has 0 heterocycles. The minimum atomic E-state index is -1.01. The molecule has 19 heavy (non-hydrogen) atoms. The van der Waals surface area contributed by atoms with Crippen molar-refractivity contribution in [2.45, 2.75) is 25.8 Å². The first-order valence-electron chi connectivity index (χ1n) is 5.80. The molecule has 1 amide bonds. The van der Waals surface area contributed by atoms with Crippen molar-refractivity contribution in [1.29, 1.82) is 0 Å². The van der Waals surface area contributed by atoms with Gasteiger partial charge in [0, 0.05) is 5.02 Å². The number of amides is 1. The first-order valence-corrected chi connectivity index (χ1v) is 6.17. The molecule has 0 bridgehead atoms. The van der Waals surface area contributed by atoms with Crippen LogP contribution in [0.25, 0.3) is 0 Å². The SMILES string of the molecule is CCC(C)(N)C(=O)Nc1ccc(Cl)cc1C(=O)OC. The highest BCUT2D eigenvalue weighted by atomic mass is 35.5. The van der Waals surface area contributed by atoms with Gasteiger partial charge in [-0.05, 0) is 31.5 Å². The first-order chi connectivity index (χ1) is 8.81. The minimum absolute atomic E-state index is 0.190. The Morgan fingerprint density at radius 2 is 2.11 bits per heavy atom. The molecule has 1 atom stereocenters. The Morgan fingerprint density at radius 1 is 1.47 bits per heavy atom. The number of benzene rings is 1. The van der Waals surface area contributed by atoms with Gasteiger partial charge in [0.15, 0.2) is 0 Å². The van der Waals surface area contributed by atoms with E-state index in [1.165, 1.54) is 19.2 Å². The van der Waals surface area contributed by atoms with Crippen LogP contribution in [0.4, 0.5) is 5.69 Å². The fraction of sp³-hybridized carbons (Fsp3) is 0.385. The molecule has 0 spiro atoms. The molecule has 6 heteroatoms. The predicted octanol–water partition coefficient (Wildman–Crippen LogP) is 2.19. The average molecular weight is 285 g/mol. The Kier molecular flexibility index (Phi) is 4.91. The summed E-state index contributed by atoms with van der Waals surface area (Å²) in [6.45, 7) is 3.43. The van der Waals surface area contributed by atoms with Crippen molar-refractivity contribution in [1.82, 2.24) is 0 Å². The molecule has 0 radical (unpaired) electrons. The summed E-state index contributed by atoms with van der Waals surface area (Å²) >= 11 is 5.83. The second kappa shape index (κ2) is 6.04. The molecule has 0 aliphatic carbocycles. The van der Waals surface area contributed by atoms with Crippen LogP contribution in [-0.2, 0) is 9.53 Å². The van der Waals surface area contributed by atoms with Crippen LogP contribution in [0.15, 0.2) is 18.2 Å². The zero-order chi connectivity index (χ0) is 14.6. The van der Waals surface area contributed by atoms with Crippen LogP contribution >= 0.6 is 11.6 Å². The van der Waals surface area contributed by atoms with Gasteiger partial charge in [0.2, 0.25) is 5.91 Å². The van der Waals surface area contributed by atoms with Gasteiger partial charge in [0.05, 0.1) is 23.9 Å². The maximum absolute atomic E-state index is 12.0. The topological polar surface area (TPSA) is 81.4 Å². The summed E-state index contributed by atoms with van der Waals surface area (Å²) in [4.78, 5) is 23.6. The number of esters is 1. The molecule has 3 N–H and O–H groups in total. The smallest absolute Gasteiger partial charge is 0.340 e. The van der Waals surface area contributed by atoms with E-state index >= 15 is 0 Å². The van der Waals surface area contributed by atoms with Crippen LogP contribution in [0, 0.1) is 0 Å². The molecule has 1 aromatic rings. The first kappa shape index (κ1) is 15.5. The molecular weight excluding hydrogens is 268 g/mol. The van der Waals surface area contributed by atoms with Crippen molar-refractivity contribution < 1.29 is 14.3 Å². The van der Waals surface area contributed by atoms with Crippen molar-refractivity contribution in [2.75, 3.05) is 12.4 Å². The number of halogens is 1. The maximum Gasteiger partial charge on any atom is 0.340 e. The van der Waals surface area contributed by atoms with E-state index < -0.39 is 11.5 Å². The highest BCUT2D eigenvalue weighted by molar-refractivity contribution is 6.31. The third kappa shape index (κ3) is 3.68. The number of carbonyl (C=O) groups excluding carboxylic acids is 2. The molecular formula is C13H17ClN2O3. The van der Waals surface area contributed by atoms with E-state index in [0.29, 0.717) is 17.1 Å². The van der Waals surface area contributed by atoms with Gasteiger partial charge in [0.1, 0.15) is 0 Å². The monoisotopic (exact) mass is 284 g/mol. The highest BCUT2D eigenvalue weighted by Crippen LogP contribution is 2.22. The number of anilines is 1. The lowest BCUT2D eigenvalue weighted by atomic mass is 9.99. The molecule has 1 aromatic carbocycles. The molecule has 1 rings (SSSR count). The lowest BCUT2D eigenvalue weighted by Gasteiger charge is -2.22. The quantitative estimate of drug-likeness (QED) is 0.831. The summed E-state index contributed by atoms with van der Waals surface area (Å²) in [5.74, 6) is -0.949. The Bertz CT molecular complexity index is 501. The van der Waals surface area contributed by atoms with Crippen LogP contribution in [0.2, 0.25) is 5.02 Å². The normalized spacial score (nSPS) is 13.5. The Balaban J connectivity index is 3.08. The van der Waals surface area contributed by atoms with Crippen molar-refractivity contribution in [3.8, 4) is 0 Å². The van der Waals surface area contributed by atoms with Gasteiger partial charge in [0.25, 0.3) is 0 Å². The van der Waals surface area contributed by atoms with Crippen LogP contribution < -0.4 is 11.1 Å². The molecule has 5 nitrogen and oxygen atoms in total. The fourth-order valence-corrected chi connectivity index (χ4v) is 1.50. The van der Waals surface area contributed by atoms with Crippen molar-refractivity contribution in [3.63, 3.8) is 0 Å². The molecule has 0 aromatic heterocycles. The highest BCUT2D eigenvalue weighted by Gasteiger charge is 2.27. The van der Waals surface area contributed by atoms with E-state index in [1.54, 1.807) is 13.0 Å². The van der Waals surface area contributed by atoms with Crippen LogP contribution in [0.3, 0.4) is 0 Å². The van der Waals surface area contributed by atoms with Gasteiger partial charge in [-0.15, -0.1) is 0 Å². The predicted molar refractivity (Wildman–Crippen MR) is 74.3 cm³/mol. The third-order valence-corrected chi connectivity index (χ3v) is 3.12. The van der Waals surface area contributed by atoms with E-state index in [4.69, 9.17) is 17.3 Å². The summed E-state index contributed by atoms with van der Waals surface area (Å²) in [5.41, 5.74) is 5.35. The van der Waals surface area contributed by atoms with E-state index in [2.05, 4.69) is 10.1 Å². The lowest BCUT2D eigenvalue weighted by molar-refractivity contribution is -0.120. The minimum Gasteiger partial charge on any atom is -0.465 e. The standard InChI is InChI=1S/C13H17ClN2O3/c1-4-13(2,15)12(18)16-10-6-5-8(14)7-9(10)11(17)19-3/h5-7H,4,15H2,1-3H3,(H,16,18). The van der Waals surface area contributed by atoms with Gasteiger partial charge >= 0.3 is 5.97 Å². The maximum atomic E-state index is 12.0. The second-order valence-corrected chi connectivity index (χ2v) is 4.84. The van der Waals surface area contributed by atoms with Gasteiger partial charge in [-0.3, -0.25) is 4.79 Å². The Labute approximate surface area is 117 Å². The number of ether oxygens (including phenoxy) is 1. The van der Waals surface area contributed by atoms with Crippen molar-refractivity contribution in [3.05, 3.63) is 28.8 Å². The summed E-state index contributed by atoms with van der Waals surface area (Å²) in [5, 5.41) is 3.00. The van der Waals surface area contributed by atoms with E-state index in [1.807, 2.05) is 6.92 Å². The number of carbonyl (C=O) groups is 2. The van der Waals surface area contributed by atoms with Gasteiger partial charge in [-0.2, -0.15) is 0 Å². The molecule has 0 aliphatic heterocycles. The van der Waals surface area contributed by atoms with Crippen molar-refractivity contribution in [2.24, 2.45) is 5.73 Å². The Morgan fingerprint density at radius 3 is 2.63 bits per heavy atom. The zero-order valence-corrected chi connectivity index (χ0v) is 11.9. The van der Waals surface area contributed by atoms with Gasteiger partial charge in [-0.1, -0.05) is 18.5 Å². The van der Waals surface area contributed by atoms with E-state index in [9.17, 15) is 9.59 Å². The number of hydrogen-bond acceptors (Lipinski definition) is 4.